The van der Waals surface area contributed by atoms with Crippen molar-refractivity contribution in [2.45, 2.75) is 6.54 Å². The van der Waals surface area contributed by atoms with E-state index in [0.717, 1.165) is 0 Å². The van der Waals surface area contributed by atoms with Gasteiger partial charge in [0.15, 0.2) is 0 Å². The number of aromatic nitrogens is 1. The Morgan fingerprint density at radius 2 is 2.20 bits per heavy atom. The average Bonchev–Trinajstić information content (AvgIpc) is 2.41. The molecule has 0 fully saturated rings. The lowest BCUT2D eigenvalue weighted by Gasteiger charge is -2.02. The molecule has 0 radical (unpaired) electrons. The molecule has 0 saturated heterocycles. The van der Waals surface area contributed by atoms with E-state index in [1.165, 1.54) is 22.8 Å². The third-order valence-corrected chi connectivity index (χ3v) is 2.42. The van der Waals surface area contributed by atoms with Crippen molar-refractivity contribution in [3.63, 3.8) is 0 Å². The van der Waals surface area contributed by atoms with E-state index in [0.29, 0.717) is 10.9 Å². The van der Waals surface area contributed by atoms with Crippen LogP contribution in [0.15, 0.2) is 24.3 Å². The SMILES string of the molecule is O=C(O)Cn1c(Cl)cc2cc(F)ccc21. The fourth-order valence-electron chi connectivity index (χ4n) is 1.50. The number of hydrogen-bond donors (Lipinski definition) is 1. The van der Waals surface area contributed by atoms with Gasteiger partial charge in [-0.05, 0) is 24.3 Å². The van der Waals surface area contributed by atoms with Gasteiger partial charge >= 0.3 is 5.97 Å². The second-order valence-electron chi connectivity index (χ2n) is 3.15. The number of hydrogen-bond acceptors (Lipinski definition) is 1. The minimum absolute atomic E-state index is 0.228. The number of halogens is 2. The first-order valence-corrected chi connectivity index (χ1v) is 4.62. The summed E-state index contributed by atoms with van der Waals surface area (Å²) in [6, 6.07) is 5.65. The van der Waals surface area contributed by atoms with Crippen LogP contribution >= 0.6 is 11.6 Å². The predicted octanol–water partition coefficient (Wildman–Crippen LogP) is 2.52. The first-order valence-electron chi connectivity index (χ1n) is 4.24. The molecule has 0 amide bonds. The van der Waals surface area contributed by atoms with Gasteiger partial charge in [-0.2, -0.15) is 0 Å². The largest absolute Gasteiger partial charge is 0.480 e. The highest BCUT2D eigenvalue weighted by molar-refractivity contribution is 6.31. The summed E-state index contributed by atoms with van der Waals surface area (Å²) < 4.78 is 14.3. The van der Waals surface area contributed by atoms with Gasteiger partial charge in [-0.25, -0.2) is 4.39 Å². The Bertz CT molecular complexity index is 535. The normalized spacial score (nSPS) is 10.8. The highest BCUT2D eigenvalue weighted by atomic mass is 35.5. The monoisotopic (exact) mass is 227 g/mol. The van der Waals surface area contributed by atoms with E-state index < -0.39 is 5.97 Å². The summed E-state index contributed by atoms with van der Waals surface area (Å²) in [5, 5.41) is 9.56. The highest BCUT2D eigenvalue weighted by Crippen LogP contribution is 2.24. The molecule has 1 aromatic heterocycles. The van der Waals surface area contributed by atoms with Crippen molar-refractivity contribution in [1.82, 2.24) is 4.57 Å². The molecule has 0 aliphatic carbocycles. The molecular weight excluding hydrogens is 221 g/mol. The molecule has 0 unspecified atom stereocenters. The summed E-state index contributed by atoms with van der Waals surface area (Å²) in [4.78, 5) is 10.6. The second-order valence-corrected chi connectivity index (χ2v) is 3.54. The Hall–Kier alpha value is -1.55. The van der Waals surface area contributed by atoms with Crippen LogP contribution in [0.1, 0.15) is 0 Å². The standard InChI is InChI=1S/C10H7ClFNO2/c11-9-4-6-3-7(12)1-2-8(6)13(9)5-10(14)15/h1-4H,5H2,(H,14,15). The third-order valence-electron chi connectivity index (χ3n) is 2.11. The van der Waals surface area contributed by atoms with Gasteiger partial charge in [0.05, 0.1) is 5.52 Å². The van der Waals surface area contributed by atoms with E-state index in [1.807, 2.05) is 0 Å². The van der Waals surface area contributed by atoms with Gasteiger partial charge in [0.25, 0.3) is 0 Å². The molecule has 0 aliphatic rings. The van der Waals surface area contributed by atoms with Gasteiger partial charge in [-0.1, -0.05) is 11.6 Å². The van der Waals surface area contributed by atoms with Gasteiger partial charge in [0, 0.05) is 5.39 Å². The maximum Gasteiger partial charge on any atom is 0.323 e. The smallest absolute Gasteiger partial charge is 0.323 e. The molecule has 3 nitrogen and oxygen atoms in total. The van der Waals surface area contributed by atoms with Crippen molar-refractivity contribution < 1.29 is 14.3 Å². The number of fused-ring (bicyclic) bond motifs is 1. The number of carboxylic acids is 1. The van der Waals surface area contributed by atoms with Crippen LogP contribution in [-0.2, 0) is 11.3 Å². The Morgan fingerprint density at radius 1 is 1.47 bits per heavy atom. The summed E-state index contributed by atoms with van der Waals surface area (Å²) in [6.07, 6.45) is 0. The number of carbonyl (C=O) groups is 1. The van der Waals surface area contributed by atoms with Gasteiger partial charge in [0.1, 0.15) is 17.5 Å². The molecule has 1 aromatic carbocycles. The molecule has 0 atom stereocenters. The topological polar surface area (TPSA) is 42.2 Å². The molecule has 0 saturated carbocycles. The third kappa shape index (κ3) is 1.80. The lowest BCUT2D eigenvalue weighted by atomic mass is 10.2. The number of carboxylic acid groups (broad SMARTS) is 1. The number of nitrogens with zero attached hydrogens (tertiary/aromatic N) is 1. The zero-order chi connectivity index (χ0) is 11.0. The molecule has 0 spiro atoms. The first-order chi connectivity index (χ1) is 7.08. The van der Waals surface area contributed by atoms with E-state index in [-0.39, 0.29) is 17.5 Å². The van der Waals surface area contributed by atoms with Gasteiger partial charge in [0.2, 0.25) is 0 Å². The molecule has 15 heavy (non-hydrogen) atoms. The van der Waals surface area contributed by atoms with Crippen LogP contribution in [0, 0.1) is 5.82 Å². The Morgan fingerprint density at radius 3 is 2.87 bits per heavy atom. The van der Waals surface area contributed by atoms with Crippen LogP contribution in [0.4, 0.5) is 4.39 Å². The first kappa shape index (κ1) is 9.98. The quantitative estimate of drug-likeness (QED) is 0.857. The number of aliphatic carboxylic acids is 1. The van der Waals surface area contributed by atoms with Crippen LogP contribution in [0.25, 0.3) is 10.9 Å². The van der Waals surface area contributed by atoms with Crippen LogP contribution in [0.5, 0.6) is 0 Å². The minimum Gasteiger partial charge on any atom is -0.480 e. The van der Waals surface area contributed by atoms with Gasteiger partial charge in [-0.15, -0.1) is 0 Å². The summed E-state index contributed by atoms with van der Waals surface area (Å²) in [5.41, 5.74) is 0.615. The fourth-order valence-corrected chi connectivity index (χ4v) is 1.77. The van der Waals surface area contributed by atoms with Crippen molar-refractivity contribution in [3.8, 4) is 0 Å². The number of benzene rings is 1. The lowest BCUT2D eigenvalue weighted by molar-refractivity contribution is -0.137. The van der Waals surface area contributed by atoms with E-state index >= 15 is 0 Å². The van der Waals surface area contributed by atoms with E-state index in [1.54, 1.807) is 6.07 Å². The van der Waals surface area contributed by atoms with Crippen molar-refractivity contribution in [1.29, 1.82) is 0 Å². The predicted molar refractivity (Wildman–Crippen MR) is 54.5 cm³/mol. The lowest BCUT2D eigenvalue weighted by Crippen LogP contribution is -2.08. The zero-order valence-corrected chi connectivity index (χ0v) is 8.33. The number of rotatable bonds is 2. The van der Waals surface area contributed by atoms with E-state index in [4.69, 9.17) is 16.7 Å². The van der Waals surface area contributed by atoms with Crippen LogP contribution in [-0.4, -0.2) is 15.6 Å². The Balaban J connectivity index is 2.63. The molecular formula is C10H7ClFNO2. The van der Waals surface area contributed by atoms with Gasteiger partial charge < -0.3 is 9.67 Å². The fraction of sp³-hybridized carbons (Fsp3) is 0.100. The summed E-state index contributed by atoms with van der Waals surface area (Å²) in [5.74, 6) is -1.36. The minimum atomic E-state index is -0.987. The summed E-state index contributed by atoms with van der Waals surface area (Å²) in [6.45, 7) is -0.228. The van der Waals surface area contributed by atoms with Crippen molar-refractivity contribution in [3.05, 3.63) is 35.2 Å². The maximum atomic E-state index is 12.9. The Labute approximate surface area is 89.7 Å². The molecule has 0 aliphatic heterocycles. The molecule has 0 bridgehead atoms. The molecule has 1 heterocycles. The van der Waals surface area contributed by atoms with Crippen LogP contribution in [0.2, 0.25) is 5.15 Å². The molecule has 2 rings (SSSR count). The summed E-state index contributed by atoms with van der Waals surface area (Å²) in [7, 11) is 0. The van der Waals surface area contributed by atoms with Crippen molar-refractivity contribution in [2.75, 3.05) is 0 Å². The van der Waals surface area contributed by atoms with E-state index in [9.17, 15) is 9.18 Å². The summed E-state index contributed by atoms with van der Waals surface area (Å²) >= 11 is 5.84. The molecule has 2 aromatic rings. The highest BCUT2D eigenvalue weighted by Gasteiger charge is 2.10. The van der Waals surface area contributed by atoms with Crippen molar-refractivity contribution in [2.24, 2.45) is 0 Å². The zero-order valence-electron chi connectivity index (χ0n) is 7.58. The van der Waals surface area contributed by atoms with Crippen LogP contribution < -0.4 is 0 Å². The second kappa shape index (κ2) is 3.55. The maximum absolute atomic E-state index is 12.9. The molecule has 78 valence electrons. The van der Waals surface area contributed by atoms with E-state index in [2.05, 4.69) is 0 Å². The van der Waals surface area contributed by atoms with Crippen LogP contribution in [0.3, 0.4) is 0 Å². The van der Waals surface area contributed by atoms with Crippen molar-refractivity contribution >= 4 is 28.5 Å². The molecule has 5 heteroatoms. The average molecular weight is 228 g/mol. The van der Waals surface area contributed by atoms with Gasteiger partial charge in [-0.3, -0.25) is 4.79 Å². The Kier molecular flexibility index (Phi) is 2.36. The molecule has 1 N–H and O–H groups in total.